The number of Topliss-reactive ketones (excluding diaryl/α,β-unsaturated/α-hetero) is 2. The van der Waals surface area contributed by atoms with Crippen molar-refractivity contribution in [2.75, 3.05) is 10.2 Å². The molecule has 6 nitrogen and oxygen atoms in total. The topological polar surface area (TPSA) is 79.4 Å². The van der Waals surface area contributed by atoms with Gasteiger partial charge < -0.3 is 10.2 Å². The van der Waals surface area contributed by atoms with Gasteiger partial charge in [0.25, 0.3) is 0 Å². The lowest BCUT2D eigenvalue weighted by atomic mass is 9.64. The van der Waals surface area contributed by atoms with Crippen LogP contribution in [0.15, 0.2) is 97.3 Å². The quantitative estimate of drug-likeness (QED) is 0.323. The van der Waals surface area contributed by atoms with Crippen molar-refractivity contribution in [3.8, 4) is 0 Å². The lowest BCUT2D eigenvalue weighted by Gasteiger charge is -2.37. The number of aromatic nitrogens is 1. The van der Waals surface area contributed by atoms with Gasteiger partial charge >= 0.3 is 0 Å². The summed E-state index contributed by atoms with van der Waals surface area (Å²) in [6.45, 7) is 2.01. The molecule has 1 amide bonds. The summed E-state index contributed by atoms with van der Waals surface area (Å²) in [4.78, 5) is 49.6. The fraction of sp³-hybridized carbons (Fsp3) is 0.152. The van der Waals surface area contributed by atoms with Crippen LogP contribution in [0.2, 0.25) is 5.02 Å². The van der Waals surface area contributed by atoms with Gasteiger partial charge in [-0.15, -0.1) is 0 Å². The van der Waals surface area contributed by atoms with Gasteiger partial charge in [-0.3, -0.25) is 19.4 Å². The molecule has 1 N–H and O–H groups in total. The molecule has 0 aliphatic carbocycles. The van der Waals surface area contributed by atoms with E-state index in [-0.39, 0.29) is 17.5 Å². The summed E-state index contributed by atoms with van der Waals surface area (Å²) in [5.74, 6) is -1.84. The van der Waals surface area contributed by atoms with Crippen molar-refractivity contribution >= 4 is 46.5 Å². The van der Waals surface area contributed by atoms with Crippen molar-refractivity contribution in [2.45, 2.75) is 24.4 Å². The zero-order valence-electron chi connectivity index (χ0n) is 21.5. The van der Waals surface area contributed by atoms with E-state index in [1.807, 2.05) is 60.4 Å². The van der Waals surface area contributed by atoms with Gasteiger partial charge in [0, 0.05) is 39.9 Å². The molecule has 1 saturated heterocycles. The molecule has 3 aliphatic rings. The van der Waals surface area contributed by atoms with Crippen molar-refractivity contribution in [2.24, 2.45) is 5.92 Å². The number of carbonyl (C=O) groups excluding carboxylic acids is 3. The summed E-state index contributed by atoms with van der Waals surface area (Å²) in [5, 5.41) is 3.55. The van der Waals surface area contributed by atoms with E-state index in [2.05, 4.69) is 16.4 Å². The first-order valence-corrected chi connectivity index (χ1v) is 13.5. The number of nitrogens with zero attached hydrogens (tertiary/aromatic N) is 2. The number of anilines is 2. The molecule has 196 valence electrons. The highest BCUT2D eigenvalue weighted by Crippen LogP contribution is 2.58. The summed E-state index contributed by atoms with van der Waals surface area (Å²) >= 11 is 6.16. The first kappa shape index (κ1) is 24.5. The molecule has 1 fully saturated rings. The summed E-state index contributed by atoms with van der Waals surface area (Å²) < 4.78 is 0. The van der Waals surface area contributed by atoms with Crippen LogP contribution in [0.5, 0.6) is 0 Å². The number of rotatable bonds is 4. The molecule has 1 spiro atoms. The van der Waals surface area contributed by atoms with Crippen LogP contribution in [0.1, 0.15) is 37.4 Å². The molecule has 3 aromatic carbocycles. The van der Waals surface area contributed by atoms with Gasteiger partial charge in [-0.1, -0.05) is 53.6 Å². The average Bonchev–Trinajstić information content (AvgIpc) is 3.45. The number of carbonyl (C=O) groups is 3. The molecule has 7 heteroatoms. The number of benzene rings is 3. The Hall–Kier alpha value is -4.55. The van der Waals surface area contributed by atoms with E-state index in [4.69, 9.17) is 11.6 Å². The first-order chi connectivity index (χ1) is 19.4. The number of aryl methyl sites for hydroxylation is 1. The number of para-hydroxylation sites is 1. The maximum absolute atomic E-state index is 14.6. The molecule has 4 aromatic rings. The molecule has 40 heavy (non-hydrogen) atoms. The van der Waals surface area contributed by atoms with E-state index in [0.29, 0.717) is 27.4 Å². The lowest BCUT2D eigenvalue weighted by molar-refractivity contribution is -0.121. The van der Waals surface area contributed by atoms with Gasteiger partial charge in [0.1, 0.15) is 11.5 Å². The normalized spacial score (nSPS) is 23.9. The van der Waals surface area contributed by atoms with Crippen molar-refractivity contribution in [1.82, 2.24) is 4.98 Å². The molecule has 7 rings (SSSR count). The fourth-order valence-electron chi connectivity index (χ4n) is 6.78. The van der Waals surface area contributed by atoms with E-state index in [0.717, 1.165) is 16.8 Å². The number of halogens is 1. The van der Waals surface area contributed by atoms with E-state index in [1.54, 1.807) is 48.8 Å². The van der Waals surface area contributed by atoms with Gasteiger partial charge in [0.2, 0.25) is 5.91 Å². The Bertz CT molecular complexity index is 1730. The zero-order valence-corrected chi connectivity index (χ0v) is 22.3. The predicted molar refractivity (Wildman–Crippen MR) is 155 cm³/mol. The van der Waals surface area contributed by atoms with Gasteiger partial charge in [0.15, 0.2) is 11.6 Å². The number of fused-ring (bicyclic) bond motifs is 6. The zero-order chi connectivity index (χ0) is 27.6. The summed E-state index contributed by atoms with van der Waals surface area (Å²) in [7, 11) is 0. The molecule has 0 radical (unpaired) electrons. The highest BCUT2D eigenvalue weighted by atomic mass is 35.5. The van der Waals surface area contributed by atoms with Crippen LogP contribution in [-0.4, -0.2) is 34.5 Å². The molecule has 0 bridgehead atoms. The molecule has 1 aromatic heterocycles. The first-order valence-electron chi connectivity index (χ1n) is 13.1. The second-order valence-corrected chi connectivity index (χ2v) is 11.0. The summed E-state index contributed by atoms with van der Waals surface area (Å²) in [5.41, 5.74) is 3.67. The summed E-state index contributed by atoms with van der Waals surface area (Å²) in [6.07, 6.45) is 7.09. The maximum Gasteiger partial charge on any atom is 0.238 e. The van der Waals surface area contributed by atoms with E-state index < -0.39 is 23.4 Å². The Morgan fingerprint density at radius 3 is 2.42 bits per heavy atom. The Kier molecular flexibility index (Phi) is 5.51. The second-order valence-electron chi connectivity index (χ2n) is 10.5. The van der Waals surface area contributed by atoms with Crippen LogP contribution in [-0.2, 0) is 10.2 Å². The Morgan fingerprint density at radius 1 is 0.925 bits per heavy atom. The van der Waals surface area contributed by atoms with Crippen LogP contribution in [0.3, 0.4) is 0 Å². The monoisotopic (exact) mass is 545 g/mol. The number of amides is 1. The standard InChI is InChI=1S/C33H24ClN3O3/c1-19-6-12-26-22(18-19)9-13-27-33(24-4-2-3-5-25(24)36-32(33)40)28(30(38)21-14-16-35-17-15-21)29(37(26)27)31(39)20-7-10-23(34)11-8-20/h2-18,27-29H,1H3,(H,36,40)/t27-,28-,29-,33-/m0/s1. The van der Waals surface area contributed by atoms with Crippen LogP contribution in [0.25, 0.3) is 6.08 Å². The Balaban J connectivity index is 1.54. The largest absolute Gasteiger partial charge is 0.352 e. The number of nitrogens with one attached hydrogen (secondary N) is 1. The molecule has 0 unspecified atom stereocenters. The van der Waals surface area contributed by atoms with Crippen molar-refractivity contribution < 1.29 is 14.4 Å². The van der Waals surface area contributed by atoms with E-state index in [9.17, 15) is 14.4 Å². The lowest BCUT2D eigenvalue weighted by Crippen LogP contribution is -2.51. The van der Waals surface area contributed by atoms with E-state index in [1.165, 1.54) is 0 Å². The minimum Gasteiger partial charge on any atom is -0.352 e. The fourth-order valence-corrected chi connectivity index (χ4v) is 6.91. The van der Waals surface area contributed by atoms with Crippen LogP contribution >= 0.6 is 11.6 Å². The van der Waals surface area contributed by atoms with Gasteiger partial charge in [-0.2, -0.15) is 0 Å². The van der Waals surface area contributed by atoms with Crippen molar-refractivity contribution in [3.63, 3.8) is 0 Å². The number of pyridine rings is 1. The molecular formula is C33H24ClN3O3. The highest BCUT2D eigenvalue weighted by Gasteiger charge is 2.70. The second kappa shape index (κ2) is 9.00. The highest BCUT2D eigenvalue weighted by molar-refractivity contribution is 6.30. The Labute approximate surface area is 236 Å². The maximum atomic E-state index is 14.6. The minimum absolute atomic E-state index is 0.245. The number of hydrogen-bond acceptors (Lipinski definition) is 5. The number of ketones is 2. The smallest absolute Gasteiger partial charge is 0.238 e. The number of hydrogen-bond donors (Lipinski definition) is 1. The predicted octanol–water partition coefficient (Wildman–Crippen LogP) is 5.90. The molecule has 3 aliphatic heterocycles. The van der Waals surface area contributed by atoms with Gasteiger partial charge in [0.05, 0.1) is 12.0 Å². The van der Waals surface area contributed by atoms with Crippen LogP contribution in [0, 0.1) is 12.8 Å². The third-order valence-corrected chi connectivity index (χ3v) is 8.68. The molecule has 4 heterocycles. The Morgan fingerprint density at radius 2 is 1.65 bits per heavy atom. The van der Waals surface area contributed by atoms with Crippen LogP contribution in [0.4, 0.5) is 11.4 Å². The SMILES string of the molecule is Cc1ccc2c(c1)C=C[C@@H]1N2[C@H](C(=O)c2ccc(Cl)cc2)[C@@H](C(=O)c2ccncc2)[C@@]12C(=O)Nc1ccccc12. The van der Waals surface area contributed by atoms with Gasteiger partial charge in [-0.25, -0.2) is 0 Å². The third kappa shape index (κ3) is 3.36. The average molecular weight is 546 g/mol. The van der Waals surface area contributed by atoms with Gasteiger partial charge in [-0.05, 0) is 72.6 Å². The van der Waals surface area contributed by atoms with E-state index >= 15 is 0 Å². The minimum atomic E-state index is -1.34. The van der Waals surface area contributed by atoms with Crippen molar-refractivity contribution in [1.29, 1.82) is 0 Å². The molecule has 0 saturated carbocycles. The van der Waals surface area contributed by atoms with Crippen molar-refractivity contribution in [3.05, 3.63) is 130 Å². The molecule has 4 atom stereocenters. The van der Waals surface area contributed by atoms with Crippen LogP contribution < -0.4 is 10.2 Å². The molecular weight excluding hydrogens is 522 g/mol. The third-order valence-electron chi connectivity index (χ3n) is 8.43. The summed E-state index contributed by atoms with van der Waals surface area (Å²) in [6, 6.07) is 21.9.